The summed E-state index contributed by atoms with van der Waals surface area (Å²) >= 11 is 0. The summed E-state index contributed by atoms with van der Waals surface area (Å²) in [5.41, 5.74) is 9.17. The summed E-state index contributed by atoms with van der Waals surface area (Å²) in [5, 5.41) is 2.28. The predicted molar refractivity (Wildman–Crippen MR) is 81.5 cm³/mol. The number of fused-ring (bicyclic) bond motifs is 1. The van der Waals surface area contributed by atoms with Gasteiger partial charge in [0.25, 0.3) is 0 Å². The van der Waals surface area contributed by atoms with E-state index in [0.29, 0.717) is 0 Å². The third kappa shape index (κ3) is 2.25. The van der Waals surface area contributed by atoms with Crippen LogP contribution in [0.5, 0.6) is 0 Å². The van der Waals surface area contributed by atoms with Crippen LogP contribution in [0, 0.1) is 12.8 Å². The maximum absolute atomic E-state index is 6.06. The minimum absolute atomic E-state index is 0.809. The maximum atomic E-state index is 6.06. The predicted octanol–water partition coefficient (Wildman–Crippen LogP) is 3.36. The normalized spacial score (nSPS) is 15.5. The first-order valence-electron chi connectivity index (χ1n) is 7.01. The second-order valence-electron chi connectivity index (χ2n) is 5.72. The Kier molecular flexibility index (Phi) is 3.05. The molecular weight excluding hydrogens is 234 g/mol. The zero-order chi connectivity index (χ0) is 13.4. The zero-order valence-electron chi connectivity index (χ0n) is 11.7. The Bertz CT molecular complexity index is 602. The molecule has 1 heterocycles. The van der Waals surface area contributed by atoms with E-state index < -0.39 is 0 Å². The summed E-state index contributed by atoms with van der Waals surface area (Å²) in [7, 11) is 2.18. The molecule has 0 spiro atoms. The Morgan fingerprint density at radius 1 is 1.32 bits per heavy atom. The number of aryl methyl sites for hydroxylation is 1. The summed E-state index contributed by atoms with van der Waals surface area (Å²) in [6.45, 7) is 3.17. The third-order valence-electron chi connectivity index (χ3n) is 4.22. The van der Waals surface area contributed by atoms with Gasteiger partial charge >= 0.3 is 0 Å². The highest BCUT2D eigenvalue weighted by Crippen LogP contribution is 2.33. The number of hydrogen-bond acceptors (Lipinski definition) is 3. The van der Waals surface area contributed by atoms with Gasteiger partial charge in [-0.15, -0.1) is 0 Å². The third-order valence-corrected chi connectivity index (χ3v) is 4.22. The van der Waals surface area contributed by atoms with E-state index in [1.54, 1.807) is 0 Å². The second kappa shape index (κ2) is 4.72. The van der Waals surface area contributed by atoms with Crippen molar-refractivity contribution in [2.24, 2.45) is 5.92 Å². The fourth-order valence-electron chi connectivity index (χ4n) is 2.84. The number of benzene rings is 1. The van der Waals surface area contributed by atoms with Crippen LogP contribution < -0.4 is 10.6 Å². The topological polar surface area (TPSA) is 42.1 Å². The quantitative estimate of drug-likeness (QED) is 0.855. The first-order valence-corrected chi connectivity index (χ1v) is 7.01. The molecule has 1 aromatic carbocycles. The lowest BCUT2D eigenvalue weighted by Gasteiger charge is -2.32. The van der Waals surface area contributed by atoms with Crippen LogP contribution in [-0.2, 0) is 0 Å². The molecule has 0 aliphatic heterocycles. The smallest absolute Gasteiger partial charge is 0.0446 e. The van der Waals surface area contributed by atoms with Crippen LogP contribution in [0.15, 0.2) is 24.4 Å². The van der Waals surface area contributed by atoms with Gasteiger partial charge in [0, 0.05) is 47.6 Å². The van der Waals surface area contributed by atoms with E-state index in [2.05, 4.69) is 29.1 Å². The van der Waals surface area contributed by atoms with Crippen LogP contribution in [0.25, 0.3) is 10.8 Å². The van der Waals surface area contributed by atoms with E-state index in [9.17, 15) is 0 Å². The summed E-state index contributed by atoms with van der Waals surface area (Å²) in [6, 6.07) is 6.26. The number of pyridine rings is 1. The first kappa shape index (κ1) is 12.3. The highest BCUT2D eigenvalue weighted by atomic mass is 15.1. The number of nitrogen functional groups attached to an aromatic ring is 1. The lowest BCUT2D eigenvalue weighted by molar-refractivity contribution is 0.321. The summed E-state index contributed by atoms with van der Waals surface area (Å²) < 4.78 is 0. The molecule has 1 fully saturated rings. The minimum Gasteiger partial charge on any atom is -0.398 e. The van der Waals surface area contributed by atoms with Gasteiger partial charge in [-0.3, -0.25) is 4.98 Å². The number of anilines is 2. The lowest BCUT2D eigenvalue weighted by atomic mass is 9.85. The number of nitrogens with zero attached hydrogens (tertiary/aromatic N) is 2. The van der Waals surface area contributed by atoms with E-state index in [1.165, 1.54) is 30.3 Å². The van der Waals surface area contributed by atoms with Gasteiger partial charge < -0.3 is 10.6 Å². The molecule has 0 bridgehead atoms. The summed E-state index contributed by atoms with van der Waals surface area (Å²) in [5.74, 6) is 0.862. The number of nitrogens with two attached hydrogens (primary N) is 1. The van der Waals surface area contributed by atoms with Crippen molar-refractivity contribution in [1.82, 2.24) is 4.98 Å². The Hall–Kier alpha value is -1.77. The van der Waals surface area contributed by atoms with Gasteiger partial charge in [0.05, 0.1) is 0 Å². The fraction of sp³-hybridized carbons (Fsp3) is 0.438. The Morgan fingerprint density at radius 2 is 2.11 bits per heavy atom. The van der Waals surface area contributed by atoms with Crippen LogP contribution >= 0.6 is 0 Å². The van der Waals surface area contributed by atoms with Crippen LogP contribution in [0.1, 0.15) is 25.0 Å². The molecule has 0 amide bonds. The molecule has 1 aromatic heterocycles. The van der Waals surface area contributed by atoms with Crippen molar-refractivity contribution >= 4 is 22.1 Å². The standard InChI is InChI=1S/C16H21N3/c1-11-8-13-14(9-18-11)15(17)6-7-16(13)19(2)10-12-4-3-5-12/h6-9,12H,3-5,10,17H2,1-2H3. The molecule has 2 N–H and O–H groups in total. The Balaban J connectivity index is 2.01. The number of aromatic nitrogens is 1. The van der Waals surface area contributed by atoms with Gasteiger partial charge in [0.2, 0.25) is 0 Å². The first-order chi connectivity index (χ1) is 9.15. The molecule has 3 heteroatoms. The fourth-order valence-corrected chi connectivity index (χ4v) is 2.84. The largest absolute Gasteiger partial charge is 0.398 e. The average molecular weight is 255 g/mol. The molecule has 1 aliphatic carbocycles. The zero-order valence-corrected chi connectivity index (χ0v) is 11.7. The van der Waals surface area contributed by atoms with E-state index in [-0.39, 0.29) is 0 Å². The van der Waals surface area contributed by atoms with Crippen molar-refractivity contribution in [2.75, 3.05) is 24.2 Å². The Labute approximate surface area is 114 Å². The molecule has 1 saturated carbocycles. The second-order valence-corrected chi connectivity index (χ2v) is 5.72. The molecule has 3 rings (SSSR count). The highest BCUT2D eigenvalue weighted by molar-refractivity contribution is 6.01. The van der Waals surface area contributed by atoms with E-state index in [1.807, 2.05) is 19.2 Å². The van der Waals surface area contributed by atoms with Crippen LogP contribution in [0.3, 0.4) is 0 Å². The lowest BCUT2D eigenvalue weighted by Crippen LogP contribution is -2.29. The molecule has 1 aliphatic rings. The van der Waals surface area contributed by atoms with Gasteiger partial charge in [-0.2, -0.15) is 0 Å². The van der Waals surface area contributed by atoms with Crippen molar-refractivity contribution in [1.29, 1.82) is 0 Å². The molecular formula is C16H21N3. The van der Waals surface area contributed by atoms with Crippen molar-refractivity contribution < 1.29 is 0 Å². The molecule has 0 unspecified atom stereocenters. The minimum atomic E-state index is 0.809. The molecule has 0 radical (unpaired) electrons. The SMILES string of the molecule is Cc1cc2c(N(C)CC3CCC3)ccc(N)c2cn1. The van der Waals surface area contributed by atoms with Crippen molar-refractivity contribution in [2.45, 2.75) is 26.2 Å². The number of rotatable bonds is 3. The van der Waals surface area contributed by atoms with Crippen LogP contribution in [0.4, 0.5) is 11.4 Å². The maximum Gasteiger partial charge on any atom is 0.0446 e. The monoisotopic (exact) mass is 255 g/mol. The van der Waals surface area contributed by atoms with Gasteiger partial charge in [-0.25, -0.2) is 0 Å². The van der Waals surface area contributed by atoms with Crippen molar-refractivity contribution in [3.8, 4) is 0 Å². The van der Waals surface area contributed by atoms with Gasteiger partial charge in [0.1, 0.15) is 0 Å². The van der Waals surface area contributed by atoms with Crippen molar-refractivity contribution in [3.05, 3.63) is 30.1 Å². The number of hydrogen-bond donors (Lipinski definition) is 1. The summed E-state index contributed by atoms with van der Waals surface area (Å²) in [4.78, 5) is 6.72. The summed E-state index contributed by atoms with van der Waals surface area (Å²) in [6.07, 6.45) is 6.03. The van der Waals surface area contributed by atoms with Gasteiger partial charge in [0.15, 0.2) is 0 Å². The van der Waals surface area contributed by atoms with E-state index in [0.717, 1.165) is 29.2 Å². The molecule has 2 aromatic rings. The van der Waals surface area contributed by atoms with Crippen molar-refractivity contribution in [3.63, 3.8) is 0 Å². The van der Waals surface area contributed by atoms with Crippen LogP contribution in [-0.4, -0.2) is 18.6 Å². The molecule has 0 atom stereocenters. The molecule has 100 valence electrons. The van der Waals surface area contributed by atoms with E-state index in [4.69, 9.17) is 5.73 Å². The molecule has 0 saturated heterocycles. The van der Waals surface area contributed by atoms with Crippen LogP contribution in [0.2, 0.25) is 0 Å². The van der Waals surface area contributed by atoms with E-state index >= 15 is 0 Å². The van der Waals surface area contributed by atoms with Gasteiger partial charge in [-0.05, 0) is 43.9 Å². The molecule has 3 nitrogen and oxygen atoms in total. The Morgan fingerprint density at radius 3 is 2.79 bits per heavy atom. The van der Waals surface area contributed by atoms with Gasteiger partial charge in [-0.1, -0.05) is 6.42 Å². The highest BCUT2D eigenvalue weighted by Gasteiger charge is 2.20. The molecule has 19 heavy (non-hydrogen) atoms. The average Bonchev–Trinajstić information content (AvgIpc) is 2.34.